The van der Waals surface area contributed by atoms with Crippen LogP contribution in [0.1, 0.15) is 58.0 Å². The third kappa shape index (κ3) is 3.85. The van der Waals surface area contributed by atoms with Gasteiger partial charge in [-0.1, -0.05) is 12.1 Å². The number of nitrogens with one attached hydrogen (secondary N) is 1. The zero-order valence-corrected chi connectivity index (χ0v) is 19.3. The number of carbonyl (C=O) groups excluding carboxylic acids is 1. The first-order valence-corrected chi connectivity index (χ1v) is 12.2. The minimum absolute atomic E-state index is 0.0791. The van der Waals surface area contributed by atoms with E-state index in [0.29, 0.717) is 17.1 Å². The Bertz CT molecular complexity index is 1340. The Morgan fingerprint density at radius 3 is 2.74 bits per heavy atom. The van der Waals surface area contributed by atoms with Crippen LogP contribution in [0, 0.1) is 0 Å². The molecule has 0 unspecified atom stereocenters. The van der Waals surface area contributed by atoms with Crippen LogP contribution >= 0.6 is 11.3 Å². The molecule has 12 heteroatoms. The fraction of sp³-hybridized carbons (Fsp3) is 0.391. The molecule has 182 valence electrons. The molecule has 1 amide bonds. The van der Waals surface area contributed by atoms with Crippen LogP contribution in [0.15, 0.2) is 35.0 Å². The topological polar surface area (TPSA) is 91.2 Å². The number of nitrogens with zero attached hydrogens (tertiary/aromatic N) is 5. The number of alkyl halides is 3. The summed E-state index contributed by atoms with van der Waals surface area (Å²) in [5.41, 5.74) is 1.59. The van der Waals surface area contributed by atoms with Gasteiger partial charge in [-0.05, 0) is 25.0 Å². The minimum Gasteiger partial charge on any atom is -0.418 e. The van der Waals surface area contributed by atoms with Crippen LogP contribution < -0.4 is 4.90 Å². The number of thiazole rings is 1. The molecule has 6 rings (SSSR count). The molecule has 0 radical (unpaired) electrons. The normalized spacial score (nSPS) is 19.0. The third-order valence-corrected chi connectivity index (χ3v) is 7.56. The van der Waals surface area contributed by atoms with E-state index in [-0.39, 0.29) is 38.5 Å². The molecule has 1 fully saturated rings. The van der Waals surface area contributed by atoms with Gasteiger partial charge in [0.1, 0.15) is 17.2 Å². The van der Waals surface area contributed by atoms with Gasteiger partial charge in [0.15, 0.2) is 5.69 Å². The lowest BCUT2D eigenvalue weighted by molar-refractivity contribution is 0.0643. The maximum atomic E-state index is 13.9. The summed E-state index contributed by atoms with van der Waals surface area (Å²) in [7, 11) is 0. The van der Waals surface area contributed by atoms with E-state index >= 15 is 0 Å². The Hall–Kier alpha value is -3.41. The number of H-pyrrole nitrogens is 1. The van der Waals surface area contributed by atoms with Gasteiger partial charge in [-0.2, -0.15) is 4.98 Å². The van der Waals surface area contributed by atoms with Gasteiger partial charge < -0.3 is 19.2 Å². The number of anilines is 1. The molecule has 0 spiro atoms. The van der Waals surface area contributed by atoms with E-state index in [0.717, 1.165) is 15.9 Å². The Morgan fingerprint density at radius 1 is 1.17 bits per heavy atom. The Morgan fingerprint density at radius 2 is 1.97 bits per heavy atom. The van der Waals surface area contributed by atoms with Gasteiger partial charge in [0, 0.05) is 31.7 Å². The van der Waals surface area contributed by atoms with Crippen molar-refractivity contribution in [3.63, 3.8) is 0 Å². The standard InChI is InChI=1S/C23H21F3N6O2S/c24-12-5-8-31(9-6-12)23-30-17(20(25)26)19(34-23)22(33)32-10-7-14-16(28-11-27-14)18(32)21-29-13-3-1-2-4-15(13)35-21/h1-4,11-12,18,20H,5-10H2,(H,27,28)/t18-/m0/s1. The second kappa shape index (κ2) is 8.67. The monoisotopic (exact) mass is 502 g/mol. The van der Waals surface area contributed by atoms with Crippen molar-refractivity contribution in [2.24, 2.45) is 0 Å². The van der Waals surface area contributed by atoms with Gasteiger partial charge in [0.2, 0.25) is 5.76 Å². The molecule has 5 heterocycles. The lowest BCUT2D eigenvalue weighted by Gasteiger charge is -2.33. The molecular formula is C23H21F3N6O2S. The molecule has 1 N–H and O–H groups in total. The van der Waals surface area contributed by atoms with Crippen LogP contribution in [-0.4, -0.2) is 56.5 Å². The number of hydrogen-bond acceptors (Lipinski definition) is 7. The number of oxazole rings is 1. The van der Waals surface area contributed by atoms with Crippen LogP contribution in [0.25, 0.3) is 10.2 Å². The second-order valence-electron chi connectivity index (χ2n) is 8.61. The largest absolute Gasteiger partial charge is 0.418 e. The molecule has 2 aliphatic rings. The van der Waals surface area contributed by atoms with E-state index in [4.69, 9.17) is 9.40 Å². The van der Waals surface area contributed by atoms with E-state index in [9.17, 15) is 18.0 Å². The maximum Gasteiger partial charge on any atom is 0.298 e. The molecule has 35 heavy (non-hydrogen) atoms. The Kier molecular flexibility index (Phi) is 5.47. The molecule has 1 aromatic carbocycles. The number of para-hydroxylation sites is 1. The van der Waals surface area contributed by atoms with Crippen molar-refractivity contribution in [1.29, 1.82) is 0 Å². The van der Waals surface area contributed by atoms with E-state index in [1.54, 1.807) is 11.2 Å². The van der Waals surface area contributed by atoms with Gasteiger partial charge in [0.25, 0.3) is 18.3 Å². The number of halogens is 3. The van der Waals surface area contributed by atoms with Gasteiger partial charge in [-0.3, -0.25) is 4.79 Å². The SMILES string of the molecule is O=C(c1oc(N2CCC(F)CC2)nc1C(F)F)N1CCc2[nH]cnc2[C@H]1c1nc2ccccc2s1. The molecule has 1 saturated heterocycles. The van der Waals surface area contributed by atoms with Gasteiger partial charge in [0.05, 0.1) is 22.2 Å². The van der Waals surface area contributed by atoms with Gasteiger partial charge >= 0.3 is 0 Å². The third-order valence-electron chi connectivity index (χ3n) is 6.47. The molecule has 0 saturated carbocycles. The zero-order chi connectivity index (χ0) is 24.1. The Balaban J connectivity index is 1.39. The summed E-state index contributed by atoms with van der Waals surface area (Å²) in [6, 6.07) is 6.88. The first-order chi connectivity index (χ1) is 17.0. The number of amides is 1. The molecule has 0 bridgehead atoms. The highest BCUT2D eigenvalue weighted by Crippen LogP contribution is 2.39. The number of piperidine rings is 1. The summed E-state index contributed by atoms with van der Waals surface area (Å²) in [6.07, 6.45) is -1.39. The number of rotatable bonds is 4. The average Bonchev–Trinajstić information content (AvgIpc) is 3.61. The van der Waals surface area contributed by atoms with E-state index in [1.165, 1.54) is 16.2 Å². The van der Waals surface area contributed by atoms with Crippen LogP contribution in [0.4, 0.5) is 19.2 Å². The molecule has 1 atom stereocenters. The number of benzene rings is 1. The van der Waals surface area contributed by atoms with Gasteiger partial charge in [-0.15, -0.1) is 11.3 Å². The molecule has 0 aliphatic carbocycles. The number of aromatic nitrogens is 4. The van der Waals surface area contributed by atoms with Crippen molar-refractivity contribution < 1.29 is 22.4 Å². The quantitative estimate of drug-likeness (QED) is 0.436. The second-order valence-corrected chi connectivity index (χ2v) is 9.67. The highest BCUT2D eigenvalue weighted by Gasteiger charge is 2.40. The zero-order valence-electron chi connectivity index (χ0n) is 18.5. The number of fused-ring (bicyclic) bond motifs is 2. The number of carbonyl (C=O) groups is 1. The van der Waals surface area contributed by atoms with Crippen LogP contribution in [0.5, 0.6) is 0 Å². The molecule has 8 nitrogen and oxygen atoms in total. The summed E-state index contributed by atoms with van der Waals surface area (Å²) in [4.78, 5) is 33.0. The molecule has 2 aliphatic heterocycles. The fourth-order valence-corrected chi connectivity index (χ4v) is 5.76. The molecular weight excluding hydrogens is 481 g/mol. The predicted octanol–water partition coefficient (Wildman–Crippen LogP) is 4.67. The molecule has 4 aromatic rings. The highest BCUT2D eigenvalue weighted by molar-refractivity contribution is 7.18. The fourth-order valence-electron chi connectivity index (χ4n) is 4.68. The summed E-state index contributed by atoms with van der Waals surface area (Å²) >= 11 is 1.43. The number of imidazole rings is 1. The van der Waals surface area contributed by atoms with E-state index < -0.39 is 36.0 Å². The van der Waals surface area contributed by atoms with E-state index in [1.807, 2.05) is 24.3 Å². The van der Waals surface area contributed by atoms with Crippen LogP contribution in [0.2, 0.25) is 0 Å². The molecule has 3 aromatic heterocycles. The summed E-state index contributed by atoms with van der Waals surface area (Å²) in [5.74, 6) is -1.19. The average molecular weight is 503 g/mol. The smallest absolute Gasteiger partial charge is 0.298 e. The van der Waals surface area contributed by atoms with Crippen LogP contribution in [0.3, 0.4) is 0 Å². The predicted molar refractivity (Wildman–Crippen MR) is 123 cm³/mol. The summed E-state index contributed by atoms with van der Waals surface area (Å²) < 4.78 is 48.1. The van der Waals surface area contributed by atoms with Crippen molar-refractivity contribution in [2.75, 3.05) is 24.5 Å². The van der Waals surface area contributed by atoms with E-state index in [2.05, 4.69) is 15.0 Å². The number of aromatic amines is 1. The lowest BCUT2D eigenvalue weighted by Crippen LogP contribution is -2.41. The van der Waals surface area contributed by atoms with Crippen molar-refractivity contribution in [3.05, 3.63) is 58.4 Å². The van der Waals surface area contributed by atoms with Crippen molar-refractivity contribution >= 4 is 33.5 Å². The van der Waals surface area contributed by atoms with Crippen molar-refractivity contribution in [2.45, 2.75) is 37.9 Å². The lowest BCUT2D eigenvalue weighted by atomic mass is 10.0. The maximum absolute atomic E-state index is 13.9. The minimum atomic E-state index is -3.00. The summed E-state index contributed by atoms with van der Waals surface area (Å²) in [6.45, 7) is 0.833. The Labute approximate surface area is 201 Å². The first kappa shape index (κ1) is 22.1. The van der Waals surface area contributed by atoms with Gasteiger partial charge in [-0.25, -0.2) is 23.1 Å². The number of hydrogen-bond donors (Lipinski definition) is 1. The van der Waals surface area contributed by atoms with Crippen molar-refractivity contribution in [3.8, 4) is 0 Å². The highest BCUT2D eigenvalue weighted by atomic mass is 32.1. The first-order valence-electron chi connectivity index (χ1n) is 11.4. The van der Waals surface area contributed by atoms with Crippen LogP contribution in [-0.2, 0) is 6.42 Å². The summed E-state index contributed by atoms with van der Waals surface area (Å²) in [5, 5.41) is 0.635. The van der Waals surface area contributed by atoms with Crippen molar-refractivity contribution in [1.82, 2.24) is 24.8 Å².